The summed E-state index contributed by atoms with van der Waals surface area (Å²) in [5, 5.41) is 0.470. The van der Waals surface area contributed by atoms with Crippen LogP contribution in [-0.2, 0) is 20.9 Å². The van der Waals surface area contributed by atoms with Gasteiger partial charge in [0.25, 0.3) is 5.56 Å². The summed E-state index contributed by atoms with van der Waals surface area (Å²) in [4.78, 5) is 56.9. The standard InChI is InChI=1S/C25H24N4O5S/c1-3-11-35-25-26-20-12-17(24(33)34-2)9-10-19(20)23(32)29(25)27-22(31)18-13-21(30)28(15-18)14-16-7-5-4-6-8-16/h3-10,12,18H,1,11,13-15H2,2H3,(H,27,31). The molecule has 35 heavy (non-hydrogen) atoms. The Morgan fingerprint density at radius 2 is 2.00 bits per heavy atom. The van der Waals surface area contributed by atoms with Crippen molar-refractivity contribution < 1.29 is 19.1 Å². The van der Waals surface area contributed by atoms with Crippen molar-refractivity contribution in [2.24, 2.45) is 5.92 Å². The van der Waals surface area contributed by atoms with E-state index in [-0.39, 0.29) is 35.0 Å². The van der Waals surface area contributed by atoms with Crippen LogP contribution in [0.25, 0.3) is 10.9 Å². The Labute approximate surface area is 205 Å². The predicted octanol–water partition coefficient (Wildman–Crippen LogP) is 2.58. The van der Waals surface area contributed by atoms with E-state index in [2.05, 4.69) is 17.0 Å². The van der Waals surface area contributed by atoms with Crippen LogP contribution in [0.2, 0.25) is 0 Å². The van der Waals surface area contributed by atoms with Gasteiger partial charge in [0.05, 0.1) is 29.5 Å². The van der Waals surface area contributed by atoms with Crippen molar-refractivity contribution in [1.82, 2.24) is 14.6 Å². The fourth-order valence-corrected chi connectivity index (χ4v) is 4.53. The minimum Gasteiger partial charge on any atom is -0.465 e. The maximum Gasteiger partial charge on any atom is 0.337 e. The number of methoxy groups -OCH3 is 1. The second-order valence-corrected chi connectivity index (χ2v) is 8.98. The average Bonchev–Trinajstić information content (AvgIpc) is 3.24. The number of hydrogen-bond acceptors (Lipinski definition) is 7. The SMILES string of the molecule is C=CCSc1nc2cc(C(=O)OC)ccc2c(=O)n1NC(=O)C1CC(=O)N(Cc2ccccc2)C1. The molecule has 3 aromatic rings. The molecule has 0 radical (unpaired) electrons. The number of esters is 1. The van der Waals surface area contributed by atoms with Gasteiger partial charge in [-0.2, -0.15) is 4.68 Å². The summed E-state index contributed by atoms with van der Waals surface area (Å²) in [7, 11) is 1.27. The summed E-state index contributed by atoms with van der Waals surface area (Å²) in [5.74, 6) is -1.26. The molecule has 180 valence electrons. The number of nitrogens with one attached hydrogen (secondary N) is 1. The molecule has 1 unspecified atom stereocenters. The van der Waals surface area contributed by atoms with Crippen LogP contribution in [0.15, 0.2) is 71.1 Å². The van der Waals surface area contributed by atoms with Gasteiger partial charge in [0.2, 0.25) is 11.8 Å². The zero-order chi connectivity index (χ0) is 24.9. The van der Waals surface area contributed by atoms with E-state index in [9.17, 15) is 19.2 Å². The van der Waals surface area contributed by atoms with Gasteiger partial charge in [-0.05, 0) is 23.8 Å². The molecule has 1 atom stereocenters. The number of likely N-dealkylation sites (tertiary alicyclic amines) is 1. The zero-order valence-corrected chi connectivity index (χ0v) is 19.9. The van der Waals surface area contributed by atoms with Gasteiger partial charge in [0, 0.05) is 25.3 Å². The first-order valence-corrected chi connectivity index (χ1v) is 11.9. The lowest BCUT2D eigenvalue weighted by molar-refractivity contribution is -0.128. The molecule has 0 spiro atoms. The second-order valence-electron chi connectivity index (χ2n) is 8.00. The Kier molecular flexibility index (Phi) is 7.31. The van der Waals surface area contributed by atoms with Gasteiger partial charge in [-0.15, -0.1) is 6.58 Å². The van der Waals surface area contributed by atoms with E-state index in [1.165, 1.54) is 37.1 Å². The van der Waals surface area contributed by atoms with Crippen molar-refractivity contribution in [3.63, 3.8) is 0 Å². The Bertz CT molecular complexity index is 1360. The number of rotatable bonds is 8. The monoisotopic (exact) mass is 492 g/mol. The molecule has 1 aliphatic rings. The molecule has 0 aliphatic carbocycles. The van der Waals surface area contributed by atoms with E-state index in [4.69, 9.17) is 4.74 Å². The topological polar surface area (TPSA) is 111 Å². The summed E-state index contributed by atoms with van der Waals surface area (Å²) >= 11 is 1.21. The normalized spacial score (nSPS) is 15.3. The van der Waals surface area contributed by atoms with Gasteiger partial charge in [-0.3, -0.25) is 19.8 Å². The number of fused-ring (bicyclic) bond motifs is 1. The van der Waals surface area contributed by atoms with Crippen molar-refractivity contribution >= 4 is 40.4 Å². The number of carbonyl (C=O) groups is 3. The highest BCUT2D eigenvalue weighted by atomic mass is 32.2. The smallest absolute Gasteiger partial charge is 0.337 e. The van der Waals surface area contributed by atoms with Crippen LogP contribution >= 0.6 is 11.8 Å². The molecule has 0 saturated carbocycles. The maximum absolute atomic E-state index is 13.3. The van der Waals surface area contributed by atoms with E-state index >= 15 is 0 Å². The highest BCUT2D eigenvalue weighted by Gasteiger charge is 2.35. The highest BCUT2D eigenvalue weighted by molar-refractivity contribution is 7.99. The largest absolute Gasteiger partial charge is 0.465 e. The lowest BCUT2D eigenvalue weighted by Gasteiger charge is -2.18. The van der Waals surface area contributed by atoms with E-state index in [0.29, 0.717) is 17.8 Å². The summed E-state index contributed by atoms with van der Waals surface area (Å²) in [5.41, 5.74) is 3.71. The quantitative estimate of drug-likeness (QED) is 0.223. The van der Waals surface area contributed by atoms with Crippen LogP contribution in [0, 0.1) is 5.92 Å². The summed E-state index contributed by atoms with van der Waals surface area (Å²) in [6, 6.07) is 14.0. The van der Waals surface area contributed by atoms with Gasteiger partial charge < -0.3 is 9.64 Å². The highest BCUT2D eigenvalue weighted by Crippen LogP contribution is 2.22. The van der Waals surface area contributed by atoms with Gasteiger partial charge >= 0.3 is 5.97 Å². The number of carbonyl (C=O) groups excluding carboxylic acids is 3. The molecule has 9 nitrogen and oxygen atoms in total. The minimum atomic E-state index is -0.604. The molecule has 10 heteroatoms. The Morgan fingerprint density at radius 1 is 1.23 bits per heavy atom. The van der Waals surface area contributed by atoms with Gasteiger partial charge in [0.1, 0.15) is 0 Å². The molecule has 1 N–H and O–H groups in total. The number of ether oxygens (including phenoxy) is 1. The maximum atomic E-state index is 13.3. The molecule has 1 saturated heterocycles. The van der Waals surface area contributed by atoms with Crippen LogP contribution in [0.4, 0.5) is 0 Å². The minimum absolute atomic E-state index is 0.0616. The van der Waals surface area contributed by atoms with Crippen LogP contribution in [0.5, 0.6) is 0 Å². The first kappa shape index (κ1) is 24.2. The van der Waals surface area contributed by atoms with Crippen LogP contribution in [-0.4, -0.2) is 51.8 Å². The summed E-state index contributed by atoms with van der Waals surface area (Å²) < 4.78 is 5.84. The fraction of sp³-hybridized carbons (Fsp3) is 0.240. The van der Waals surface area contributed by atoms with Crippen molar-refractivity contribution in [2.75, 3.05) is 24.8 Å². The van der Waals surface area contributed by atoms with Crippen molar-refractivity contribution in [2.45, 2.75) is 18.1 Å². The molecule has 2 aromatic carbocycles. The number of hydrogen-bond donors (Lipinski definition) is 1. The van der Waals surface area contributed by atoms with Crippen LogP contribution in [0.1, 0.15) is 22.3 Å². The fourth-order valence-electron chi connectivity index (χ4n) is 3.84. The molecular weight excluding hydrogens is 468 g/mol. The number of thioether (sulfide) groups is 1. The molecular formula is C25H24N4O5S. The van der Waals surface area contributed by atoms with Gasteiger partial charge in [0.15, 0.2) is 5.16 Å². The molecule has 2 amide bonds. The third-order valence-corrected chi connectivity index (χ3v) is 6.55. The number of benzene rings is 2. The van der Waals surface area contributed by atoms with E-state index in [1.807, 2.05) is 30.3 Å². The molecule has 0 bridgehead atoms. The predicted molar refractivity (Wildman–Crippen MR) is 133 cm³/mol. The van der Waals surface area contributed by atoms with Gasteiger partial charge in [-0.1, -0.05) is 48.2 Å². The van der Waals surface area contributed by atoms with Crippen LogP contribution in [0.3, 0.4) is 0 Å². The van der Waals surface area contributed by atoms with Crippen molar-refractivity contribution in [1.29, 1.82) is 0 Å². The molecule has 4 rings (SSSR count). The number of aromatic nitrogens is 2. The lowest BCUT2D eigenvalue weighted by Crippen LogP contribution is -2.39. The molecule has 1 fully saturated rings. The van der Waals surface area contributed by atoms with Crippen molar-refractivity contribution in [3.05, 3.63) is 82.7 Å². The molecule has 1 aromatic heterocycles. The zero-order valence-electron chi connectivity index (χ0n) is 19.1. The van der Waals surface area contributed by atoms with Gasteiger partial charge in [-0.25, -0.2) is 9.78 Å². The third kappa shape index (κ3) is 5.27. The molecule has 1 aliphatic heterocycles. The van der Waals surface area contributed by atoms with E-state index in [1.54, 1.807) is 11.0 Å². The van der Waals surface area contributed by atoms with E-state index < -0.39 is 23.4 Å². The third-order valence-electron chi connectivity index (χ3n) is 5.61. The summed E-state index contributed by atoms with van der Waals surface area (Å²) in [6.45, 7) is 4.36. The van der Waals surface area contributed by atoms with E-state index in [0.717, 1.165) is 10.2 Å². The van der Waals surface area contributed by atoms with Crippen molar-refractivity contribution in [3.8, 4) is 0 Å². The lowest BCUT2D eigenvalue weighted by atomic mass is 10.1. The Morgan fingerprint density at radius 3 is 2.71 bits per heavy atom. The number of nitrogens with zero attached hydrogens (tertiary/aromatic N) is 3. The van der Waals surface area contributed by atoms with Crippen LogP contribution < -0.4 is 11.0 Å². The number of amides is 2. The Hall–Kier alpha value is -3.92. The summed E-state index contributed by atoms with van der Waals surface area (Å²) in [6.07, 6.45) is 1.71. The molecule has 2 heterocycles. The Balaban J connectivity index is 1.59. The second kappa shape index (κ2) is 10.6. The first-order valence-electron chi connectivity index (χ1n) is 10.9. The average molecular weight is 493 g/mol. The first-order chi connectivity index (χ1) is 16.9.